The summed E-state index contributed by atoms with van der Waals surface area (Å²) in [7, 11) is -4.26. The molecule has 1 saturated carbocycles. The fraction of sp³-hybridized carbons (Fsp3) is 0.500. The molecule has 0 aromatic heterocycles. The van der Waals surface area contributed by atoms with Gasteiger partial charge >= 0.3 is 6.18 Å². The lowest BCUT2D eigenvalue weighted by molar-refractivity contribution is -0.121. The van der Waals surface area contributed by atoms with Crippen LogP contribution in [-0.4, -0.2) is 27.7 Å². The summed E-state index contributed by atoms with van der Waals surface area (Å²) in [5.41, 5.74) is 5.74. The molecular formula is C12H15F3N2O3S. The Labute approximate surface area is 120 Å². The summed E-state index contributed by atoms with van der Waals surface area (Å²) in [6, 6.07) is 3.60. The van der Waals surface area contributed by atoms with Gasteiger partial charge in [-0.25, -0.2) is 13.1 Å². The molecule has 1 aromatic carbocycles. The molecule has 2 rings (SSSR count). The van der Waals surface area contributed by atoms with Gasteiger partial charge in [0.15, 0.2) is 0 Å². The average molecular weight is 324 g/mol. The van der Waals surface area contributed by atoms with Gasteiger partial charge in [-0.15, -0.1) is 0 Å². The van der Waals surface area contributed by atoms with Crippen LogP contribution >= 0.6 is 0 Å². The lowest BCUT2D eigenvalue weighted by Gasteiger charge is -2.12. The van der Waals surface area contributed by atoms with E-state index >= 15 is 0 Å². The summed E-state index contributed by atoms with van der Waals surface area (Å²) in [4.78, 5) is -0.331. The summed E-state index contributed by atoms with van der Waals surface area (Å²) in [5, 5.41) is 0. The molecule has 0 unspecified atom stereocenters. The minimum Gasteiger partial charge on any atom is -0.491 e. The monoisotopic (exact) mass is 324 g/mol. The number of hydrogen-bond donors (Lipinski definition) is 2. The number of nitrogen functional groups attached to an aromatic ring is 1. The SMILES string of the molecule is Nc1cc(S(=O)(=O)NCC(F)(F)F)ccc1OCC1CC1. The maximum absolute atomic E-state index is 12.1. The highest BCUT2D eigenvalue weighted by atomic mass is 32.2. The zero-order valence-corrected chi connectivity index (χ0v) is 11.8. The van der Waals surface area contributed by atoms with Crippen LogP contribution in [-0.2, 0) is 10.0 Å². The van der Waals surface area contributed by atoms with E-state index in [1.807, 2.05) is 0 Å². The Kier molecular flexibility index (Phi) is 4.33. The van der Waals surface area contributed by atoms with Gasteiger partial charge in [0.05, 0.1) is 17.2 Å². The molecule has 0 atom stereocenters. The zero-order valence-electron chi connectivity index (χ0n) is 11.0. The Bertz CT molecular complexity index is 613. The van der Waals surface area contributed by atoms with Crippen LogP contribution in [0.25, 0.3) is 0 Å². The molecule has 118 valence electrons. The van der Waals surface area contributed by atoms with Crippen molar-refractivity contribution in [2.24, 2.45) is 5.92 Å². The lowest BCUT2D eigenvalue weighted by Crippen LogP contribution is -2.33. The molecule has 0 bridgehead atoms. The van der Waals surface area contributed by atoms with Gasteiger partial charge in [-0.3, -0.25) is 0 Å². The lowest BCUT2D eigenvalue weighted by atomic mass is 10.3. The van der Waals surface area contributed by atoms with E-state index < -0.39 is 22.7 Å². The molecule has 0 radical (unpaired) electrons. The third-order valence-electron chi connectivity index (χ3n) is 2.93. The summed E-state index contributed by atoms with van der Waals surface area (Å²) in [6.45, 7) is -1.13. The summed E-state index contributed by atoms with van der Waals surface area (Å²) in [5.74, 6) is 0.831. The van der Waals surface area contributed by atoms with Gasteiger partial charge in [-0.1, -0.05) is 0 Å². The van der Waals surface area contributed by atoms with Crippen molar-refractivity contribution < 1.29 is 26.3 Å². The first-order valence-electron chi connectivity index (χ1n) is 6.26. The number of sulfonamides is 1. The van der Waals surface area contributed by atoms with E-state index in [0.29, 0.717) is 18.3 Å². The first-order valence-corrected chi connectivity index (χ1v) is 7.74. The molecule has 1 aliphatic carbocycles. The summed E-state index contributed by atoms with van der Waals surface area (Å²) < 4.78 is 66.5. The van der Waals surface area contributed by atoms with Crippen LogP contribution in [0.1, 0.15) is 12.8 Å². The van der Waals surface area contributed by atoms with E-state index in [2.05, 4.69) is 0 Å². The predicted octanol–water partition coefficient (Wildman–Crippen LogP) is 1.90. The number of nitrogens with two attached hydrogens (primary N) is 1. The van der Waals surface area contributed by atoms with Gasteiger partial charge in [-0.2, -0.15) is 13.2 Å². The second-order valence-electron chi connectivity index (χ2n) is 4.89. The average Bonchev–Trinajstić information content (AvgIpc) is 3.18. The third kappa shape index (κ3) is 4.78. The normalized spacial score (nSPS) is 16.0. The predicted molar refractivity (Wildman–Crippen MR) is 70.3 cm³/mol. The zero-order chi connectivity index (χ0) is 15.7. The van der Waals surface area contributed by atoms with E-state index in [1.54, 1.807) is 0 Å². The van der Waals surface area contributed by atoms with Crippen LogP contribution in [0.2, 0.25) is 0 Å². The van der Waals surface area contributed by atoms with E-state index in [1.165, 1.54) is 10.8 Å². The van der Waals surface area contributed by atoms with Crippen molar-refractivity contribution in [3.05, 3.63) is 18.2 Å². The van der Waals surface area contributed by atoms with E-state index in [9.17, 15) is 21.6 Å². The molecule has 0 aliphatic heterocycles. The Morgan fingerprint density at radius 1 is 1.33 bits per heavy atom. The number of hydrogen-bond acceptors (Lipinski definition) is 4. The van der Waals surface area contributed by atoms with Crippen LogP contribution in [0, 0.1) is 5.92 Å². The van der Waals surface area contributed by atoms with Crippen molar-refractivity contribution in [3.63, 3.8) is 0 Å². The molecule has 5 nitrogen and oxygen atoms in total. The largest absolute Gasteiger partial charge is 0.491 e. The highest BCUT2D eigenvalue weighted by Crippen LogP contribution is 2.31. The van der Waals surface area contributed by atoms with E-state index in [0.717, 1.165) is 25.0 Å². The fourth-order valence-electron chi connectivity index (χ4n) is 1.58. The Morgan fingerprint density at radius 3 is 2.52 bits per heavy atom. The number of rotatable bonds is 6. The molecule has 0 saturated heterocycles. The van der Waals surface area contributed by atoms with Crippen molar-refractivity contribution in [1.82, 2.24) is 4.72 Å². The highest BCUT2D eigenvalue weighted by molar-refractivity contribution is 7.89. The van der Waals surface area contributed by atoms with Gasteiger partial charge in [0, 0.05) is 0 Å². The van der Waals surface area contributed by atoms with Crippen molar-refractivity contribution in [2.75, 3.05) is 18.9 Å². The third-order valence-corrected chi connectivity index (χ3v) is 4.32. The van der Waals surface area contributed by atoms with Gasteiger partial charge < -0.3 is 10.5 Å². The van der Waals surface area contributed by atoms with Gasteiger partial charge in [0.25, 0.3) is 0 Å². The fourth-order valence-corrected chi connectivity index (χ4v) is 2.63. The first kappa shape index (κ1) is 15.9. The van der Waals surface area contributed by atoms with Crippen molar-refractivity contribution in [1.29, 1.82) is 0 Å². The van der Waals surface area contributed by atoms with Crippen LogP contribution < -0.4 is 15.2 Å². The molecule has 3 N–H and O–H groups in total. The van der Waals surface area contributed by atoms with Gasteiger partial charge in [-0.05, 0) is 37.0 Å². The molecule has 9 heteroatoms. The Morgan fingerprint density at radius 2 is 2.00 bits per heavy atom. The molecule has 1 aromatic rings. The maximum atomic E-state index is 12.1. The minimum absolute atomic E-state index is 0.0746. The Hall–Kier alpha value is -1.48. The van der Waals surface area contributed by atoms with E-state index in [4.69, 9.17) is 10.5 Å². The number of benzene rings is 1. The quantitative estimate of drug-likeness (QED) is 0.783. The molecule has 0 spiro atoms. The van der Waals surface area contributed by atoms with Crippen molar-refractivity contribution >= 4 is 15.7 Å². The molecule has 21 heavy (non-hydrogen) atoms. The molecule has 0 amide bonds. The number of halogens is 3. The van der Waals surface area contributed by atoms with Crippen LogP contribution in [0.4, 0.5) is 18.9 Å². The summed E-state index contributed by atoms with van der Waals surface area (Å²) >= 11 is 0. The number of nitrogens with one attached hydrogen (secondary N) is 1. The number of alkyl halides is 3. The number of ether oxygens (including phenoxy) is 1. The second-order valence-corrected chi connectivity index (χ2v) is 6.66. The van der Waals surface area contributed by atoms with Crippen LogP contribution in [0.15, 0.2) is 23.1 Å². The standard InChI is InChI=1S/C12H15F3N2O3S/c13-12(14,15)7-17-21(18,19)9-3-4-11(10(16)5-9)20-6-8-1-2-8/h3-5,8,17H,1-2,6-7,16H2. The molecular weight excluding hydrogens is 309 g/mol. The van der Waals surface area contributed by atoms with Gasteiger partial charge in [0.2, 0.25) is 10.0 Å². The first-order chi connectivity index (χ1) is 9.67. The second kappa shape index (κ2) is 5.72. The molecule has 0 heterocycles. The van der Waals surface area contributed by atoms with Crippen LogP contribution in [0.5, 0.6) is 5.75 Å². The maximum Gasteiger partial charge on any atom is 0.402 e. The smallest absolute Gasteiger partial charge is 0.402 e. The molecule has 1 aliphatic rings. The van der Waals surface area contributed by atoms with E-state index in [-0.39, 0.29) is 10.6 Å². The number of anilines is 1. The highest BCUT2D eigenvalue weighted by Gasteiger charge is 2.30. The summed E-state index contributed by atoms with van der Waals surface area (Å²) in [6.07, 6.45) is -2.44. The van der Waals surface area contributed by atoms with Crippen molar-refractivity contribution in [3.8, 4) is 5.75 Å². The van der Waals surface area contributed by atoms with Gasteiger partial charge in [0.1, 0.15) is 12.3 Å². The molecule has 1 fully saturated rings. The minimum atomic E-state index is -4.62. The van der Waals surface area contributed by atoms with Crippen LogP contribution in [0.3, 0.4) is 0 Å². The van der Waals surface area contributed by atoms with Crippen molar-refractivity contribution in [2.45, 2.75) is 23.9 Å². The topological polar surface area (TPSA) is 81.4 Å². The Balaban J connectivity index is 2.06.